The molecule has 0 saturated heterocycles. The summed E-state index contributed by atoms with van der Waals surface area (Å²) in [5.74, 6) is -0.717. The molecule has 0 bridgehead atoms. The number of nitrogen functional groups attached to an aromatic ring is 1. The largest absolute Gasteiger partial charge is 0.504 e. The van der Waals surface area contributed by atoms with Crippen LogP contribution in [-0.2, 0) is 11.2 Å². The number of hydrogen-bond donors (Lipinski definition) is 4. The van der Waals surface area contributed by atoms with Gasteiger partial charge >= 0.3 is 0 Å². The van der Waals surface area contributed by atoms with Crippen LogP contribution in [0.2, 0.25) is 0 Å². The standard InChI is InChI=1S/C15H15N3O3/c16-12-4-1-10(2-5-12)8-15(21)18-17-9-11-3-6-13(19)14(20)7-11/h1-7,9,19-20H,8,16H2,(H,18,21)/b17-9-. The lowest BCUT2D eigenvalue weighted by atomic mass is 10.1. The van der Waals surface area contributed by atoms with Crippen LogP contribution in [0.15, 0.2) is 47.6 Å². The molecule has 0 aliphatic carbocycles. The van der Waals surface area contributed by atoms with Crippen molar-refractivity contribution in [1.82, 2.24) is 5.43 Å². The van der Waals surface area contributed by atoms with Crippen LogP contribution in [0, 0.1) is 0 Å². The topological polar surface area (TPSA) is 108 Å². The van der Waals surface area contributed by atoms with Crippen molar-refractivity contribution in [1.29, 1.82) is 0 Å². The number of amides is 1. The van der Waals surface area contributed by atoms with Gasteiger partial charge in [0.2, 0.25) is 5.91 Å². The predicted molar refractivity (Wildman–Crippen MR) is 80.1 cm³/mol. The van der Waals surface area contributed by atoms with Crippen LogP contribution in [0.3, 0.4) is 0 Å². The minimum absolute atomic E-state index is 0.193. The summed E-state index contributed by atoms with van der Waals surface area (Å²) in [7, 11) is 0. The van der Waals surface area contributed by atoms with Gasteiger partial charge < -0.3 is 15.9 Å². The van der Waals surface area contributed by atoms with Gasteiger partial charge in [-0.3, -0.25) is 4.79 Å². The fourth-order valence-corrected chi connectivity index (χ4v) is 1.66. The van der Waals surface area contributed by atoms with Crippen LogP contribution < -0.4 is 11.2 Å². The highest BCUT2D eigenvalue weighted by Crippen LogP contribution is 2.23. The maximum atomic E-state index is 11.7. The number of phenols is 2. The molecule has 0 unspecified atom stereocenters. The number of carbonyl (C=O) groups is 1. The average Bonchev–Trinajstić information content (AvgIpc) is 2.45. The Labute approximate surface area is 121 Å². The number of nitrogens with two attached hydrogens (primary N) is 1. The molecule has 0 heterocycles. The number of carbonyl (C=O) groups excluding carboxylic acids is 1. The fourth-order valence-electron chi connectivity index (χ4n) is 1.66. The monoisotopic (exact) mass is 285 g/mol. The summed E-state index contributed by atoms with van der Waals surface area (Å²) in [6.07, 6.45) is 1.57. The van der Waals surface area contributed by atoms with Crippen LogP contribution >= 0.6 is 0 Å². The molecule has 2 aromatic rings. The number of anilines is 1. The van der Waals surface area contributed by atoms with Gasteiger partial charge in [-0.15, -0.1) is 0 Å². The van der Waals surface area contributed by atoms with Crippen LogP contribution in [0.5, 0.6) is 11.5 Å². The smallest absolute Gasteiger partial charge is 0.244 e. The lowest BCUT2D eigenvalue weighted by Crippen LogP contribution is -2.19. The number of phenolic OH excluding ortho intramolecular Hbond substituents is 2. The van der Waals surface area contributed by atoms with Crippen molar-refractivity contribution in [2.75, 3.05) is 5.73 Å². The third-order valence-corrected chi connectivity index (χ3v) is 2.75. The second-order valence-electron chi connectivity index (χ2n) is 4.46. The van der Waals surface area contributed by atoms with Gasteiger partial charge in [-0.25, -0.2) is 5.43 Å². The van der Waals surface area contributed by atoms with Gasteiger partial charge in [0.1, 0.15) is 0 Å². The van der Waals surface area contributed by atoms with Crippen LogP contribution in [-0.4, -0.2) is 22.3 Å². The zero-order valence-corrected chi connectivity index (χ0v) is 11.2. The molecule has 6 nitrogen and oxygen atoms in total. The number of benzene rings is 2. The summed E-state index contributed by atoms with van der Waals surface area (Å²) in [6, 6.07) is 11.2. The van der Waals surface area contributed by atoms with Crippen molar-refractivity contribution in [2.45, 2.75) is 6.42 Å². The van der Waals surface area contributed by atoms with Gasteiger partial charge in [0.15, 0.2) is 11.5 Å². The van der Waals surface area contributed by atoms with E-state index in [1.165, 1.54) is 18.3 Å². The van der Waals surface area contributed by atoms with Gasteiger partial charge in [0, 0.05) is 5.69 Å². The second-order valence-corrected chi connectivity index (χ2v) is 4.46. The van der Waals surface area contributed by atoms with E-state index in [-0.39, 0.29) is 23.8 Å². The lowest BCUT2D eigenvalue weighted by Gasteiger charge is -2.01. The average molecular weight is 285 g/mol. The summed E-state index contributed by atoms with van der Waals surface area (Å²) in [5, 5.41) is 22.3. The Balaban J connectivity index is 1.89. The van der Waals surface area contributed by atoms with Crippen molar-refractivity contribution in [2.24, 2.45) is 5.10 Å². The maximum Gasteiger partial charge on any atom is 0.244 e. The molecular formula is C15H15N3O3. The minimum Gasteiger partial charge on any atom is -0.504 e. The molecule has 0 spiro atoms. The molecule has 2 rings (SSSR count). The molecule has 2 aromatic carbocycles. The molecule has 0 atom stereocenters. The summed E-state index contributed by atoms with van der Waals surface area (Å²) < 4.78 is 0. The summed E-state index contributed by atoms with van der Waals surface area (Å²) in [4.78, 5) is 11.7. The quantitative estimate of drug-likeness (QED) is 0.294. The van der Waals surface area contributed by atoms with E-state index in [1.807, 2.05) is 0 Å². The molecule has 5 N–H and O–H groups in total. The summed E-state index contributed by atoms with van der Waals surface area (Å²) in [6.45, 7) is 0. The summed E-state index contributed by atoms with van der Waals surface area (Å²) >= 11 is 0. The highest BCUT2D eigenvalue weighted by Gasteiger charge is 2.02. The molecule has 0 radical (unpaired) electrons. The van der Waals surface area contributed by atoms with Crippen molar-refractivity contribution in [3.05, 3.63) is 53.6 Å². The van der Waals surface area contributed by atoms with E-state index in [0.717, 1.165) is 5.56 Å². The van der Waals surface area contributed by atoms with Crippen molar-refractivity contribution >= 4 is 17.8 Å². The van der Waals surface area contributed by atoms with E-state index < -0.39 is 0 Å². The molecule has 1 amide bonds. The van der Waals surface area contributed by atoms with Gasteiger partial charge in [-0.05, 0) is 41.5 Å². The van der Waals surface area contributed by atoms with Crippen LogP contribution in [0.25, 0.3) is 0 Å². The molecular weight excluding hydrogens is 270 g/mol. The Morgan fingerprint density at radius 1 is 1.14 bits per heavy atom. The second kappa shape index (κ2) is 6.42. The molecule has 0 saturated carbocycles. The first-order chi connectivity index (χ1) is 10.0. The molecule has 108 valence electrons. The molecule has 0 aromatic heterocycles. The Hall–Kier alpha value is -3.02. The Kier molecular flexibility index (Phi) is 4.40. The normalized spacial score (nSPS) is 10.7. The third-order valence-electron chi connectivity index (χ3n) is 2.75. The highest BCUT2D eigenvalue weighted by atomic mass is 16.3. The van der Waals surface area contributed by atoms with Crippen LogP contribution in [0.4, 0.5) is 5.69 Å². The third kappa shape index (κ3) is 4.24. The molecule has 0 fully saturated rings. The van der Waals surface area contributed by atoms with Gasteiger partial charge in [-0.1, -0.05) is 12.1 Å². The van der Waals surface area contributed by atoms with Gasteiger partial charge in [0.25, 0.3) is 0 Å². The van der Waals surface area contributed by atoms with Crippen molar-refractivity contribution < 1.29 is 15.0 Å². The number of nitrogens with zero attached hydrogens (tertiary/aromatic N) is 1. The van der Waals surface area contributed by atoms with Gasteiger partial charge in [0.05, 0.1) is 12.6 Å². The van der Waals surface area contributed by atoms with Crippen LogP contribution in [0.1, 0.15) is 11.1 Å². The number of rotatable bonds is 4. The number of aromatic hydroxyl groups is 2. The first-order valence-corrected chi connectivity index (χ1v) is 6.23. The number of nitrogens with one attached hydrogen (secondary N) is 1. The molecule has 6 heteroatoms. The van der Waals surface area contributed by atoms with E-state index in [9.17, 15) is 9.90 Å². The zero-order valence-electron chi connectivity index (χ0n) is 11.2. The van der Waals surface area contributed by atoms with Crippen molar-refractivity contribution in [3.63, 3.8) is 0 Å². The maximum absolute atomic E-state index is 11.7. The first kappa shape index (κ1) is 14.4. The predicted octanol–water partition coefficient (Wildman–Crippen LogP) is 1.37. The van der Waals surface area contributed by atoms with Gasteiger partial charge in [-0.2, -0.15) is 5.10 Å². The van der Waals surface area contributed by atoms with E-state index in [0.29, 0.717) is 11.3 Å². The fraction of sp³-hybridized carbons (Fsp3) is 0.0667. The Bertz CT molecular complexity index is 666. The number of hydrazone groups is 1. The lowest BCUT2D eigenvalue weighted by molar-refractivity contribution is -0.120. The minimum atomic E-state index is -0.265. The van der Waals surface area contributed by atoms with E-state index in [1.54, 1.807) is 30.3 Å². The molecule has 0 aliphatic rings. The Morgan fingerprint density at radius 2 is 1.86 bits per heavy atom. The van der Waals surface area contributed by atoms with E-state index >= 15 is 0 Å². The molecule has 0 aliphatic heterocycles. The molecule has 21 heavy (non-hydrogen) atoms. The van der Waals surface area contributed by atoms with E-state index in [4.69, 9.17) is 10.8 Å². The number of hydrogen-bond acceptors (Lipinski definition) is 5. The summed E-state index contributed by atoms with van der Waals surface area (Å²) in [5.41, 5.74) is 9.98. The highest BCUT2D eigenvalue weighted by molar-refractivity contribution is 5.84. The van der Waals surface area contributed by atoms with E-state index in [2.05, 4.69) is 10.5 Å². The Morgan fingerprint density at radius 3 is 2.52 bits per heavy atom. The first-order valence-electron chi connectivity index (χ1n) is 6.23. The van der Waals surface area contributed by atoms with Crippen molar-refractivity contribution in [3.8, 4) is 11.5 Å². The zero-order chi connectivity index (χ0) is 15.2. The SMILES string of the molecule is Nc1ccc(CC(=O)N/N=C\c2ccc(O)c(O)c2)cc1.